The summed E-state index contributed by atoms with van der Waals surface area (Å²) in [5.41, 5.74) is 1.70. The number of rotatable bonds is 0. The third-order valence-corrected chi connectivity index (χ3v) is 4.53. The number of nitrogens with zero attached hydrogens (tertiary/aromatic N) is 2. The van der Waals surface area contributed by atoms with Gasteiger partial charge in [0.25, 0.3) is 0 Å². The molecule has 2 aromatic rings. The Morgan fingerprint density at radius 3 is 2.00 bits per heavy atom. The molecule has 110 valence electrons. The molecule has 0 amide bonds. The SMILES string of the molecule is C/C=C1/C(=O)c2cc3cc(Cl)c(Cl)cc3cc2C1=C(C#N)C#N. The molecular formula is C18H8Cl2N2O. The van der Waals surface area contributed by atoms with Crippen molar-refractivity contribution in [3.8, 4) is 12.1 Å². The van der Waals surface area contributed by atoms with Crippen molar-refractivity contribution in [2.45, 2.75) is 6.92 Å². The summed E-state index contributed by atoms with van der Waals surface area (Å²) < 4.78 is 0. The molecule has 0 saturated heterocycles. The normalized spacial score (nSPS) is 14.7. The Balaban J connectivity index is 2.45. The molecule has 0 N–H and O–H groups in total. The number of Topliss-reactive ketones (excluding diaryl/α,β-unsaturated/α-hetero) is 1. The van der Waals surface area contributed by atoms with E-state index in [1.165, 1.54) is 0 Å². The van der Waals surface area contributed by atoms with Gasteiger partial charge in [-0.1, -0.05) is 29.3 Å². The molecule has 0 radical (unpaired) electrons. The van der Waals surface area contributed by atoms with Gasteiger partial charge < -0.3 is 0 Å². The van der Waals surface area contributed by atoms with Crippen molar-refractivity contribution in [2.75, 3.05) is 0 Å². The molecule has 0 heterocycles. The van der Waals surface area contributed by atoms with Gasteiger partial charge in [0, 0.05) is 16.7 Å². The third kappa shape index (κ3) is 2.23. The molecule has 2 aromatic carbocycles. The van der Waals surface area contributed by atoms with Crippen molar-refractivity contribution >= 4 is 45.3 Å². The molecule has 0 atom stereocenters. The fourth-order valence-electron chi connectivity index (χ4n) is 2.77. The van der Waals surface area contributed by atoms with Crippen LogP contribution in [0.1, 0.15) is 22.8 Å². The second-order valence-corrected chi connectivity index (χ2v) is 5.83. The lowest BCUT2D eigenvalue weighted by Crippen LogP contribution is -1.95. The zero-order chi connectivity index (χ0) is 16.7. The minimum Gasteiger partial charge on any atom is -0.289 e. The minimum absolute atomic E-state index is 0.0791. The van der Waals surface area contributed by atoms with Crippen LogP contribution in [0.2, 0.25) is 10.0 Å². The number of hydrogen-bond acceptors (Lipinski definition) is 3. The van der Waals surface area contributed by atoms with E-state index in [4.69, 9.17) is 23.2 Å². The van der Waals surface area contributed by atoms with Crippen molar-refractivity contribution in [2.24, 2.45) is 0 Å². The Kier molecular flexibility index (Phi) is 3.70. The van der Waals surface area contributed by atoms with Crippen LogP contribution < -0.4 is 0 Å². The van der Waals surface area contributed by atoms with E-state index in [1.807, 2.05) is 12.1 Å². The number of nitriles is 2. The maximum atomic E-state index is 12.6. The smallest absolute Gasteiger partial charge is 0.194 e. The topological polar surface area (TPSA) is 64.7 Å². The van der Waals surface area contributed by atoms with Crippen LogP contribution in [0.3, 0.4) is 0 Å². The molecule has 0 bridgehead atoms. The Morgan fingerprint density at radius 2 is 1.52 bits per heavy atom. The van der Waals surface area contributed by atoms with E-state index in [2.05, 4.69) is 0 Å². The summed E-state index contributed by atoms with van der Waals surface area (Å²) in [5.74, 6) is -0.200. The Morgan fingerprint density at radius 1 is 1.00 bits per heavy atom. The Labute approximate surface area is 142 Å². The summed E-state index contributed by atoms with van der Waals surface area (Å²) in [5, 5.41) is 20.8. The molecule has 3 rings (SSSR count). The monoisotopic (exact) mass is 338 g/mol. The molecule has 0 fully saturated rings. The summed E-state index contributed by atoms with van der Waals surface area (Å²) in [6.45, 7) is 1.71. The average Bonchev–Trinajstić information content (AvgIpc) is 2.80. The van der Waals surface area contributed by atoms with Gasteiger partial charge in [0.1, 0.15) is 17.7 Å². The van der Waals surface area contributed by atoms with E-state index >= 15 is 0 Å². The van der Waals surface area contributed by atoms with Gasteiger partial charge in [0.15, 0.2) is 5.78 Å². The second kappa shape index (κ2) is 5.56. The number of allylic oxidation sites excluding steroid dienone is 4. The van der Waals surface area contributed by atoms with Gasteiger partial charge in [-0.3, -0.25) is 4.79 Å². The summed E-state index contributed by atoms with van der Waals surface area (Å²) in [6, 6.07) is 10.6. The summed E-state index contributed by atoms with van der Waals surface area (Å²) in [6.07, 6.45) is 1.62. The molecule has 0 unspecified atom stereocenters. The van der Waals surface area contributed by atoms with Gasteiger partial charge in [-0.15, -0.1) is 0 Å². The van der Waals surface area contributed by atoms with Crippen LogP contribution in [0.25, 0.3) is 16.3 Å². The zero-order valence-electron chi connectivity index (χ0n) is 11.9. The van der Waals surface area contributed by atoms with Crippen molar-refractivity contribution < 1.29 is 4.79 Å². The van der Waals surface area contributed by atoms with E-state index < -0.39 is 0 Å². The number of hydrogen-bond donors (Lipinski definition) is 0. The number of carbonyl (C=O) groups excluding carboxylic acids is 1. The molecule has 1 aliphatic carbocycles. The van der Waals surface area contributed by atoms with E-state index in [0.29, 0.717) is 32.3 Å². The third-order valence-electron chi connectivity index (χ3n) is 3.81. The van der Waals surface area contributed by atoms with Crippen molar-refractivity contribution in [3.63, 3.8) is 0 Å². The Bertz CT molecular complexity index is 1020. The van der Waals surface area contributed by atoms with Gasteiger partial charge in [-0.05, 0) is 47.5 Å². The molecule has 1 aliphatic rings. The van der Waals surface area contributed by atoms with Crippen LogP contribution in [-0.4, -0.2) is 5.78 Å². The first-order valence-corrected chi connectivity index (χ1v) is 7.46. The summed E-state index contributed by atoms with van der Waals surface area (Å²) >= 11 is 12.1. The van der Waals surface area contributed by atoms with Crippen LogP contribution in [0.15, 0.2) is 41.5 Å². The average molecular weight is 339 g/mol. The highest BCUT2D eigenvalue weighted by molar-refractivity contribution is 6.43. The first-order chi connectivity index (χ1) is 11.0. The summed E-state index contributed by atoms with van der Waals surface area (Å²) in [7, 11) is 0. The number of halogens is 2. The fraction of sp³-hybridized carbons (Fsp3) is 0.0556. The van der Waals surface area contributed by atoms with E-state index in [1.54, 1.807) is 37.3 Å². The van der Waals surface area contributed by atoms with Crippen LogP contribution in [0, 0.1) is 22.7 Å². The number of benzene rings is 2. The van der Waals surface area contributed by atoms with E-state index in [9.17, 15) is 15.3 Å². The molecule has 0 saturated carbocycles. The number of fused-ring (bicyclic) bond motifs is 2. The molecule has 0 spiro atoms. The quantitative estimate of drug-likeness (QED) is 0.496. The van der Waals surface area contributed by atoms with Crippen LogP contribution in [-0.2, 0) is 0 Å². The molecular weight excluding hydrogens is 331 g/mol. The minimum atomic E-state index is -0.200. The highest BCUT2D eigenvalue weighted by Crippen LogP contribution is 2.41. The first kappa shape index (κ1) is 15.3. The molecule has 0 aliphatic heterocycles. The highest BCUT2D eigenvalue weighted by atomic mass is 35.5. The lowest BCUT2D eigenvalue weighted by atomic mass is 9.97. The molecule has 0 aromatic heterocycles. The predicted molar refractivity (Wildman–Crippen MR) is 90.2 cm³/mol. The van der Waals surface area contributed by atoms with Crippen LogP contribution >= 0.6 is 23.2 Å². The number of ketones is 1. The lowest BCUT2D eigenvalue weighted by molar-refractivity contribution is 0.104. The van der Waals surface area contributed by atoms with Gasteiger partial charge in [-0.25, -0.2) is 0 Å². The fourth-order valence-corrected chi connectivity index (χ4v) is 3.12. The zero-order valence-corrected chi connectivity index (χ0v) is 13.5. The first-order valence-electron chi connectivity index (χ1n) is 6.70. The second-order valence-electron chi connectivity index (χ2n) is 5.02. The number of carbonyl (C=O) groups is 1. The van der Waals surface area contributed by atoms with Gasteiger partial charge in [-0.2, -0.15) is 10.5 Å². The van der Waals surface area contributed by atoms with Crippen LogP contribution in [0.5, 0.6) is 0 Å². The van der Waals surface area contributed by atoms with E-state index in [0.717, 1.165) is 10.8 Å². The molecule has 5 heteroatoms. The van der Waals surface area contributed by atoms with Gasteiger partial charge in [0.05, 0.1) is 10.0 Å². The maximum absolute atomic E-state index is 12.6. The highest BCUT2D eigenvalue weighted by Gasteiger charge is 2.32. The van der Waals surface area contributed by atoms with Gasteiger partial charge >= 0.3 is 0 Å². The summed E-state index contributed by atoms with van der Waals surface area (Å²) in [4.78, 5) is 12.6. The van der Waals surface area contributed by atoms with Crippen molar-refractivity contribution in [3.05, 3.63) is 62.7 Å². The largest absolute Gasteiger partial charge is 0.289 e. The standard InChI is InChI=1S/C18H8Cl2N2O/c1-2-12-17(11(7-21)8-22)13-3-9-5-15(19)16(20)6-10(9)4-14(13)18(12)23/h2-6H,1H3/b12-2+. The molecule has 3 nitrogen and oxygen atoms in total. The Hall–Kier alpha value is -2.59. The van der Waals surface area contributed by atoms with E-state index in [-0.39, 0.29) is 11.4 Å². The lowest BCUT2D eigenvalue weighted by Gasteiger charge is -2.05. The van der Waals surface area contributed by atoms with Crippen LogP contribution in [0.4, 0.5) is 0 Å². The van der Waals surface area contributed by atoms with Crippen molar-refractivity contribution in [1.82, 2.24) is 0 Å². The maximum Gasteiger partial charge on any atom is 0.194 e. The predicted octanol–water partition coefficient (Wildman–Crippen LogP) is 5.09. The van der Waals surface area contributed by atoms with Gasteiger partial charge in [0.2, 0.25) is 0 Å². The van der Waals surface area contributed by atoms with Crippen molar-refractivity contribution in [1.29, 1.82) is 10.5 Å². The molecule has 23 heavy (non-hydrogen) atoms.